The molecule has 1 amide bonds. The van der Waals surface area contributed by atoms with E-state index >= 15 is 0 Å². The third kappa shape index (κ3) is 2.66. The van der Waals surface area contributed by atoms with Gasteiger partial charge in [-0.2, -0.15) is 0 Å². The van der Waals surface area contributed by atoms with Crippen LogP contribution >= 0.6 is 0 Å². The first-order valence-corrected chi connectivity index (χ1v) is 6.21. The Labute approximate surface area is 116 Å². The Kier molecular flexibility index (Phi) is 4.07. The molecule has 1 saturated heterocycles. The maximum absolute atomic E-state index is 11.6. The summed E-state index contributed by atoms with van der Waals surface area (Å²) in [6.07, 6.45) is 0.373. The van der Waals surface area contributed by atoms with Crippen molar-refractivity contribution in [2.24, 2.45) is 0 Å². The van der Waals surface area contributed by atoms with Gasteiger partial charge in [0.2, 0.25) is 11.9 Å². The normalized spacial score (nSPS) is 22.0. The van der Waals surface area contributed by atoms with Crippen LogP contribution in [-0.4, -0.2) is 31.1 Å². The van der Waals surface area contributed by atoms with E-state index in [0.717, 1.165) is 0 Å². The van der Waals surface area contributed by atoms with Gasteiger partial charge < -0.3 is 14.8 Å². The van der Waals surface area contributed by atoms with Gasteiger partial charge in [0.15, 0.2) is 0 Å². The molecule has 0 aromatic heterocycles. The number of ether oxygens (including phenoxy) is 2. The average Bonchev–Trinajstić information content (AvgIpc) is 2.46. The largest absolute Gasteiger partial charge is 0.497 e. The molecule has 2 rings (SSSR count). The van der Waals surface area contributed by atoms with Gasteiger partial charge in [-0.25, -0.2) is 0 Å². The molecule has 2 atom stereocenters. The minimum absolute atomic E-state index is 0.161. The standard InChI is InChI=1S/C13H16N2O5/c1-19-8-3-5-11(20-2)9(7-8)13-10(15(17)18)4-6-12(16)14-13/h3,5,7,10,13H,4,6H2,1-2H3,(H,14,16)/t10-,13+/m1/s1. The molecular formula is C13H16N2O5. The number of carbonyl (C=O) groups excluding carboxylic acids is 1. The molecule has 1 aliphatic rings. The van der Waals surface area contributed by atoms with Gasteiger partial charge in [0.25, 0.3) is 0 Å². The molecule has 1 aliphatic heterocycles. The van der Waals surface area contributed by atoms with Crippen LogP contribution in [0.15, 0.2) is 18.2 Å². The minimum atomic E-state index is -0.867. The smallest absolute Gasteiger partial charge is 0.237 e. The highest BCUT2D eigenvalue weighted by molar-refractivity contribution is 5.77. The van der Waals surface area contributed by atoms with E-state index in [4.69, 9.17) is 9.47 Å². The van der Waals surface area contributed by atoms with Gasteiger partial charge >= 0.3 is 0 Å². The lowest BCUT2D eigenvalue weighted by molar-refractivity contribution is -0.529. The Morgan fingerprint density at radius 2 is 2.10 bits per heavy atom. The lowest BCUT2D eigenvalue weighted by atomic mass is 9.91. The second-order valence-electron chi connectivity index (χ2n) is 4.54. The van der Waals surface area contributed by atoms with Crippen molar-refractivity contribution in [3.63, 3.8) is 0 Å². The van der Waals surface area contributed by atoms with Gasteiger partial charge in [-0.1, -0.05) is 0 Å². The van der Waals surface area contributed by atoms with Crippen LogP contribution in [0.4, 0.5) is 0 Å². The van der Waals surface area contributed by atoms with Gasteiger partial charge in [0.1, 0.15) is 17.5 Å². The summed E-state index contributed by atoms with van der Waals surface area (Å²) in [6, 6.07) is 3.45. The van der Waals surface area contributed by atoms with Crippen LogP contribution in [0.25, 0.3) is 0 Å². The fourth-order valence-corrected chi connectivity index (χ4v) is 2.38. The molecule has 0 radical (unpaired) electrons. The molecule has 108 valence electrons. The summed E-state index contributed by atoms with van der Waals surface area (Å²) in [4.78, 5) is 22.4. The summed E-state index contributed by atoms with van der Waals surface area (Å²) in [5.74, 6) is 0.852. The van der Waals surface area contributed by atoms with Crippen molar-refractivity contribution in [2.75, 3.05) is 14.2 Å². The molecule has 7 heteroatoms. The molecule has 0 spiro atoms. The third-order valence-electron chi connectivity index (χ3n) is 3.41. The van der Waals surface area contributed by atoms with Crippen molar-refractivity contribution in [1.82, 2.24) is 5.32 Å². The Balaban J connectivity index is 2.44. The Hall–Kier alpha value is -2.31. The SMILES string of the molecule is COc1ccc(OC)c([C@@H]2NC(=O)CC[C@H]2[N+](=O)[O-])c1. The zero-order valence-corrected chi connectivity index (χ0v) is 11.3. The number of amides is 1. The van der Waals surface area contributed by atoms with Crippen LogP contribution in [0.5, 0.6) is 11.5 Å². The van der Waals surface area contributed by atoms with Crippen LogP contribution in [0.2, 0.25) is 0 Å². The number of nitrogens with one attached hydrogen (secondary N) is 1. The summed E-state index contributed by atoms with van der Waals surface area (Å²) in [6.45, 7) is 0. The Morgan fingerprint density at radius 1 is 1.35 bits per heavy atom. The molecule has 1 aromatic rings. The quantitative estimate of drug-likeness (QED) is 0.663. The molecule has 0 saturated carbocycles. The van der Waals surface area contributed by atoms with E-state index < -0.39 is 12.1 Å². The molecular weight excluding hydrogens is 264 g/mol. The second-order valence-corrected chi connectivity index (χ2v) is 4.54. The van der Waals surface area contributed by atoms with Crippen molar-refractivity contribution >= 4 is 5.91 Å². The number of piperidine rings is 1. The molecule has 1 N–H and O–H groups in total. The lowest BCUT2D eigenvalue weighted by Gasteiger charge is -2.28. The first kappa shape index (κ1) is 14.1. The van der Waals surface area contributed by atoms with Gasteiger partial charge in [-0.3, -0.25) is 14.9 Å². The van der Waals surface area contributed by atoms with Crippen LogP contribution in [0.3, 0.4) is 0 Å². The highest BCUT2D eigenvalue weighted by Gasteiger charge is 2.39. The molecule has 20 heavy (non-hydrogen) atoms. The Bertz CT molecular complexity index is 531. The third-order valence-corrected chi connectivity index (χ3v) is 3.41. The number of carbonyl (C=O) groups is 1. The summed E-state index contributed by atoms with van der Waals surface area (Å²) in [7, 11) is 2.99. The van der Waals surface area contributed by atoms with Crippen molar-refractivity contribution < 1.29 is 19.2 Å². The number of benzene rings is 1. The number of nitro groups is 1. The highest BCUT2D eigenvalue weighted by atomic mass is 16.6. The molecule has 7 nitrogen and oxygen atoms in total. The van der Waals surface area contributed by atoms with Crippen molar-refractivity contribution in [3.05, 3.63) is 33.9 Å². The summed E-state index contributed by atoms with van der Waals surface area (Å²) < 4.78 is 10.4. The van der Waals surface area contributed by atoms with Crippen molar-refractivity contribution in [3.8, 4) is 11.5 Å². The van der Waals surface area contributed by atoms with Gasteiger partial charge in [-0.15, -0.1) is 0 Å². The minimum Gasteiger partial charge on any atom is -0.497 e. The van der Waals surface area contributed by atoms with Crippen LogP contribution in [0.1, 0.15) is 24.4 Å². The fraction of sp³-hybridized carbons (Fsp3) is 0.462. The number of hydrogen-bond donors (Lipinski definition) is 1. The van der Waals surface area contributed by atoms with E-state index in [0.29, 0.717) is 17.1 Å². The molecule has 0 bridgehead atoms. The number of rotatable bonds is 4. The summed E-state index contributed by atoms with van der Waals surface area (Å²) >= 11 is 0. The number of nitrogens with zero attached hydrogens (tertiary/aromatic N) is 1. The molecule has 1 fully saturated rings. The van der Waals surface area contributed by atoms with E-state index in [1.165, 1.54) is 14.2 Å². The van der Waals surface area contributed by atoms with E-state index in [2.05, 4.69) is 5.32 Å². The molecule has 1 heterocycles. The van der Waals surface area contributed by atoms with Crippen LogP contribution < -0.4 is 14.8 Å². The first-order chi connectivity index (χ1) is 9.56. The fourth-order valence-electron chi connectivity index (χ4n) is 2.38. The van der Waals surface area contributed by atoms with Gasteiger partial charge in [0, 0.05) is 23.3 Å². The zero-order chi connectivity index (χ0) is 14.7. The summed E-state index contributed by atoms with van der Waals surface area (Å²) in [5.41, 5.74) is 0.557. The predicted molar refractivity (Wildman–Crippen MR) is 70.4 cm³/mol. The Morgan fingerprint density at radius 3 is 2.70 bits per heavy atom. The molecule has 1 aromatic carbocycles. The van der Waals surface area contributed by atoms with E-state index in [9.17, 15) is 14.9 Å². The van der Waals surface area contributed by atoms with Gasteiger partial charge in [-0.05, 0) is 18.2 Å². The lowest BCUT2D eigenvalue weighted by Crippen LogP contribution is -2.45. The zero-order valence-electron chi connectivity index (χ0n) is 11.3. The van der Waals surface area contributed by atoms with E-state index in [1.807, 2.05) is 0 Å². The van der Waals surface area contributed by atoms with Crippen molar-refractivity contribution in [2.45, 2.75) is 24.9 Å². The average molecular weight is 280 g/mol. The highest BCUT2D eigenvalue weighted by Crippen LogP contribution is 2.34. The summed E-state index contributed by atoms with van der Waals surface area (Å²) in [5, 5.41) is 13.9. The number of hydrogen-bond acceptors (Lipinski definition) is 5. The van der Waals surface area contributed by atoms with E-state index in [1.54, 1.807) is 18.2 Å². The van der Waals surface area contributed by atoms with E-state index in [-0.39, 0.29) is 23.7 Å². The molecule has 0 aliphatic carbocycles. The predicted octanol–water partition coefficient (Wildman–Crippen LogP) is 1.30. The number of methoxy groups -OCH3 is 2. The van der Waals surface area contributed by atoms with Gasteiger partial charge in [0.05, 0.1) is 14.2 Å². The maximum atomic E-state index is 11.6. The van der Waals surface area contributed by atoms with Crippen LogP contribution in [-0.2, 0) is 4.79 Å². The van der Waals surface area contributed by atoms with Crippen molar-refractivity contribution in [1.29, 1.82) is 0 Å². The monoisotopic (exact) mass is 280 g/mol. The topological polar surface area (TPSA) is 90.7 Å². The van der Waals surface area contributed by atoms with Crippen LogP contribution in [0, 0.1) is 10.1 Å². The molecule has 0 unspecified atom stereocenters. The second kappa shape index (κ2) is 5.77. The maximum Gasteiger partial charge on any atom is 0.237 e. The first-order valence-electron chi connectivity index (χ1n) is 6.21.